The normalized spacial score (nSPS) is 10.3. The molecule has 1 N–H and O–H groups in total. The van der Waals surface area contributed by atoms with Gasteiger partial charge in [0.25, 0.3) is 5.91 Å². The molecular weight excluding hydrogens is 282 g/mol. The number of amides is 1. The molecule has 0 fully saturated rings. The van der Waals surface area contributed by atoms with Gasteiger partial charge in [0, 0.05) is 11.3 Å². The van der Waals surface area contributed by atoms with E-state index in [1.807, 2.05) is 55.5 Å². The Bertz CT molecular complexity index is 817. The van der Waals surface area contributed by atoms with Crippen LogP contribution in [0.15, 0.2) is 72.8 Å². The highest BCUT2D eigenvalue weighted by molar-refractivity contribution is 6.04. The minimum Gasteiger partial charge on any atom is -0.322 e. The summed E-state index contributed by atoms with van der Waals surface area (Å²) in [5.41, 5.74) is 6.01. The minimum atomic E-state index is -0.0946. The van der Waals surface area contributed by atoms with Crippen LogP contribution in [0.5, 0.6) is 0 Å². The molecule has 0 aliphatic heterocycles. The number of nitrogens with one attached hydrogen (secondary N) is 1. The summed E-state index contributed by atoms with van der Waals surface area (Å²) in [5.74, 6) is -0.0946. The zero-order chi connectivity index (χ0) is 16.2. The molecule has 0 unspecified atom stereocenters. The van der Waals surface area contributed by atoms with E-state index in [4.69, 9.17) is 0 Å². The summed E-state index contributed by atoms with van der Waals surface area (Å²) in [6.45, 7) is 4.09. The lowest BCUT2D eigenvalue weighted by Crippen LogP contribution is -2.11. The molecule has 0 bridgehead atoms. The molecule has 0 aliphatic rings. The van der Waals surface area contributed by atoms with Gasteiger partial charge >= 0.3 is 0 Å². The van der Waals surface area contributed by atoms with Crippen molar-refractivity contribution in [3.8, 4) is 11.1 Å². The fourth-order valence-corrected chi connectivity index (χ4v) is 2.43. The van der Waals surface area contributed by atoms with Crippen molar-refractivity contribution < 1.29 is 4.79 Å². The summed E-state index contributed by atoms with van der Waals surface area (Å²) in [6.07, 6.45) is 0. The summed E-state index contributed by atoms with van der Waals surface area (Å²) < 4.78 is 0. The lowest BCUT2D eigenvalue weighted by molar-refractivity contribution is 0.102. The summed E-state index contributed by atoms with van der Waals surface area (Å²) in [7, 11) is 0. The average Bonchev–Trinajstić information content (AvgIpc) is 2.58. The molecule has 0 saturated carbocycles. The average molecular weight is 301 g/mol. The van der Waals surface area contributed by atoms with E-state index in [0.717, 1.165) is 16.8 Å². The van der Waals surface area contributed by atoms with Crippen molar-refractivity contribution in [2.24, 2.45) is 0 Å². The van der Waals surface area contributed by atoms with Gasteiger partial charge in [0.15, 0.2) is 0 Å². The van der Waals surface area contributed by atoms with Gasteiger partial charge in [0.05, 0.1) is 0 Å². The fraction of sp³-hybridized carbons (Fsp3) is 0.0952. The van der Waals surface area contributed by atoms with E-state index in [2.05, 4.69) is 36.5 Å². The van der Waals surface area contributed by atoms with E-state index in [1.165, 1.54) is 11.1 Å². The molecule has 114 valence electrons. The van der Waals surface area contributed by atoms with Crippen molar-refractivity contribution in [3.63, 3.8) is 0 Å². The van der Waals surface area contributed by atoms with Gasteiger partial charge in [0.1, 0.15) is 0 Å². The molecule has 0 aromatic heterocycles. The van der Waals surface area contributed by atoms with Crippen molar-refractivity contribution >= 4 is 11.6 Å². The first-order valence-electron chi connectivity index (χ1n) is 7.67. The van der Waals surface area contributed by atoms with Crippen LogP contribution in [0.25, 0.3) is 11.1 Å². The summed E-state index contributed by atoms with van der Waals surface area (Å²) in [4.78, 5) is 12.4. The number of anilines is 1. The molecule has 2 nitrogen and oxygen atoms in total. The maximum absolute atomic E-state index is 12.4. The molecule has 0 atom stereocenters. The zero-order valence-corrected chi connectivity index (χ0v) is 13.3. The first-order chi connectivity index (χ1) is 11.1. The third-order valence-electron chi connectivity index (χ3n) is 3.82. The SMILES string of the molecule is Cc1ccc(NC(=O)c2cccc(-c3ccc(C)cc3)c2)cc1. The Morgan fingerprint density at radius 2 is 1.35 bits per heavy atom. The maximum atomic E-state index is 12.4. The monoisotopic (exact) mass is 301 g/mol. The summed E-state index contributed by atoms with van der Waals surface area (Å²) >= 11 is 0. The Kier molecular flexibility index (Phi) is 4.24. The maximum Gasteiger partial charge on any atom is 0.255 e. The Morgan fingerprint density at radius 1 is 0.739 bits per heavy atom. The van der Waals surface area contributed by atoms with E-state index < -0.39 is 0 Å². The number of hydrogen-bond acceptors (Lipinski definition) is 1. The van der Waals surface area contributed by atoms with Gasteiger partial charge in [-0.1, -0.05) is 59.7 Å². The van der Waals surface area contributed by atoms with Crippen LogP contribution in [0.4, 0.5) is 5.69 Å². The van der Waals surface area contributed by atoms with E-state index in [1.54, 1.807) is 0 Å². The highest BCUT2D eigenvalue weighted by Crippen LogP contribution is 2.21. The molecule has 0 aliphatic carbocycles. The second-order valence-electron chi connectivity index (χ2n) is 5.77. The predicted octanol–water partition coefficient (Wildman–Crippen LogP) is 5.22. The molecule has 0 radical (unpaired) electrons. The standard InChI is InChI=1S/C21H19NO/c1-15-6-10-17(11-7-15)18-4-3-5-19(14-18)21(23)22-20-12-8-16(2)9-13-20/h3-14H,1-2H3,(H,22,23). The summed E-state index contributed by atoms with van der Waals surface area (Å²) in [5, 5.41) is 2.93. The fourth-order valence-electron chi connectivity index (χ4n) is 2.43. The van der Waals surface area contributed by atoms with Gasteiger partial charge < -0.3 is 5.32 Å². The van der Waals surface area contributed by atoms with Crippen LogP contribution in [0.2, 0.25) is 0 Å². The third-order valence-corrected chi connectivity index (χ3v) is 3.82. The van der Waals surface area contributed by atoms with E-state index in [0.29, 0.717) is 5.56 Å². The first kappa shape index (κ1) is 15.0. The Balaban J connectivity index is 1.82. The van der Waals surface area contributed by atoms with Crippen molar-refractivity contribution in [1.29, 1.82) is 0 Å². The van der Waals surface area contributed by atoms with Gasteiger partial charge in [-0.05, 0) is 49.2 Å². The highest BCUT2D eigenvalue weighted by atomic mass is 16.1. The topological polar surface area (TPSA) is 29.1 Å². The molecule has 23 heavy (non-hydrogen) atoms. The van der Waals surface area contributed by atoms with E-state index in [-0.39, 0.29) is 5.91 Å². The number of aryl methyl sites for hydroxylation is 2. The van der Waals surface area contributed by atoms with Crippen LogP contribution in [0.1, 0.15) is 21.5 Å². The molecule has 2 heteroatoms. The number of rotatable bonds is 3. The first-order valence-corrected chi connectivity index (χ1v) is 7.67. The molecular formula is C21H19NO. The zero-order valence-electron chi connectivity index (χ0n) is 13.3. The number of carbonyl (C=O) groups is 1. The minimum absolute atomic E-state index is 0.0946. The van der Waals surface area contributed by atoms with Gasteiger partial charge in [-0.3, -0.25) is 4.79 Å². The molecule has 1 amide bonds. The second-order valence-corrected chi connectivity index (χ2v) is 5.77. The lowest BCUT2D eigenvalue weighted by Gasteiger charge is -2.08. The van der Waals surface area contributed by atoms with E-state index >= 15 is 0 Å². The van der Waals surface area contributed by atoms with Crippen LogP contribution in [0, 0.1) is 13.8 Å². The van der Waals surface area contributed by atoms with Crippen LogP contribution >= 0.6 is 0 Å². The van der Waals surface area contributed by atoms with Crippen LogP contribution in [-0.4, -0.2) is 5.91 Å². The quantitative estimate of drug-likeness (QED) is 0.705. The van der Waals surface area contributed by atoms with Gasteiger partial charge in [-0.15, -0.1) is 0 Å². The molecule has 3 aromatic rings. The number of carbonyl (C=O) groups excluding carboxylic acids is 1. The van der Waals surface area contributed by atoms with Gasteiger partial charge in [-0.25, -0.2) is 0 Å². The van der Waals surface area contributed by atoms with Crippen LogP contribution < -0.4 is 5.32 Å². The lowest BCUT2D eigenvalue weighted by atomic mass is 10.0. The molecule has 0 spiro atoms. The van der Waals surface area contributed by atoms with Crippen molar-refractivity contribution in [3.05, 3.63) is 89.5 Å². The molecule has 0 heterocycles. The second kappa shape index (κ2) is 6.49. The number of hydrogen-bond donors (Lipinski definition) is 1. The largest absolute Gasteiger partial charge is 0.322 e. The van der Waals surface area contributed by atoms with E-state index in [9.17, 15) is 4.79 Å². The Labute approximate surface area is 136 Å². The number of benzene rings is 3. The smallest absolute Gasteiger partial charge is 0.255 e. The van der Waals surface area contributed by atoms with Gasteiger partial charge in [0.2, 0.25) is 0 Å². The van der Waals surface area contributed by atoms with Crippen molar-refractivity contribution in [2.45, 2.75) is 13.8 Å². The van der Waals surface area contributed by atoms with Crippen LogP contribution in [-0.2, 0) is 0 Å². The summed E-state index contributed by atoms with van der Waals surface area (Å²) in [6, 6.07) is 23.8. The van der Waals surface area contributed by atoms with Gasteiger partial charge in [-0.2, -0.15) is 0 Å². The predicted molar refractivity (Wildman–Crippen MR) is 95.7 cm³/mol. The van der Waals surface area contributed by atoms with Crippen molar-refractivity contribution in [1.82, 2.24) is 0 Å². The van der Waals surface area contributed by atoms with Crippen molar-refractivity contribution in [2.75, 3.05) is 5.32 Å². The van der Waals surface area contributed by atoms with Crippen LogP contribution in [0.3, 0.4) is 0 Å². The molecule has 0 saturated heterocycles. The highest BCUT2D eigenvalue weighted by Gasteiger charge is 2.07. The third kappa shape index (κ3) is 3.67. The Morgan fingerprint density at radius 3 is 2.00 bits per heavy atom. The Hall–Kier alpha value is -2.87. The molecule has 3 rings (SSSR count). The molecule has 3 aromatic carbocycles.